The van der Waals surface area contributed by atoms with Gasteiger partial charge in [-0.15, -0.1) is 0 Å². The first-order chi connectivity index (χ1) is 16.6. The minimum atomic E-state index is -0.724. The summed E-state index contributed by atoms with van der Waals surface area (Å²) in [6.07, 6.45) is 7.89. The molecule has 0 radical (unpaired) electrons. The highest BCUT2D eigenvalue weighted by Gasteiger charge is 2.37. The normalized spacial score (nSPS) is 17.3. The minimum Gasteiger partial charge on any atom is -0.461 e. The van der Waals surface area contributed by atoms with Gasteiger partial charge in [0.15, 0.2) is 12.1 Å². The highest BCUT2D eigenvalue weighted by molar-refractivity contribution is 5.94. The lowest BCUT2D eigenvalue weighted by Crippen LogP contribution is -2.51. The molecule has 0 bridgehead atoms. The molecule has 0 saturated heterocycles. The van der Waals surface area contributed by atoms with E-state index < -0.39 is 11.8 Å². The third-order valence-electron chi connectivity index (χ3n) is 6.09. The zero-order valence-corrected chi connectivity index (χ0v) is 22.5. The van der Waals surface area contributed by atoms with Crippen LogP contribution in [0.4, 0.5) is 0 Å². The molecule has 0 aliphatic heterocycles. The summed E-state index contributed by atoms with van der Waals surface area (Å²) in [6.45, 7) is 13.3. The molecule has 0 aromatic heterocycles. The summed E-state index contributed by atoms with van der Waals surface area (Å²) in [5, 5.41) is 3.46. The predicted octanol–water partition coefficient (Wildman–Crippen LogP) is 5.68. The van der Waals surface area contributed by atoms with Crippen LogP contribution in [0.15, 0.2) is 30.3 Å². The summed E-state index contributed by atoms with van der Waals surface area (Å²) in [5.74, 6) is 0.523. The summed E-state index contributed by atoms with van der Waals surface area (Å²) < 4.78 is 16.8. The summed E-state index contributed by atoms with van der Waals surface area (Å²) in [6, 6.07) is 7.94. The van der Waals surface area contributed by atoms with E-state index in [0.717, 1.165) is 36.8 Å². The van der Waals surface area contributed by atoms with Gasteiger partial charge in [0.2, 0.25) is 0 Å². The van der Waals surface area contributed by atoms with Gasteiger partial charge >= 0.3 is 5.97 Å². The van der Waals surface area contributed by atoms with E-state index in [1.54, 1.807) is 13.0 Å². The van der Waals surface area contributed by atoms with Gasteiger partial charge in [-0.05, 0) is 75.0 Å². The lowest BCUT2D eigenvalue weighted by atomic mass is 9.90. The maximum absolute atomic E-state index is 13.0. The molecule has 6 heteroatoms. The molecule has 1 N–H and O–H groups in total. The number of ketones is 1. The van der Waals surface area contributed by atoms with Crippen molar-refractivity contribution in [3.8, 4) is 0 Å². The van der Waals surface area contributed by atoms with Crippen LogP contribution in [-0.2, 0) is 30.3 Å². The summed E-state index contributed by atoms with van der Waals surface area (Å²) in [7, 11) is 0. The average molecular weight is 488 g/mol. The molecule has 2 rings (SSSR count). The minimum absolute atomic E-state index is 0.0108. The molecule has 196 valence electrons. The Labute approximate surface area is 211 Å². The molecule has 1 saturated carbocycles. The average Bonchev–Trinajstić information content (AvgIpc) is 3.32. The van der Waals surface area contributed by atoms with E-state index in [2.05, 4.69) is 33.0 Å². The van der Waals surface area contributed by atoms with Gasteiger partial charge in [0.25, 0.3) is 0 Å². The summed E-state index contributed by atoms with van der Waals surface area (Å²) in [5.41, 5.74) is 1.27. The summed E-state index contributed by atoms with van der Waals surface area (Å²) in [4.78, 5) is 25.1. The fourth-order valence-electron chi connectivity index (χ4n) is 4.19. The zero-order valence-electron chi connectivity index (χ0n) is 22.5. The lowest BCUT2D eigenvalue weighted by molar-refractivity contribution is -0.157. The molecule has 35 heavy (non-hydrogen) atoms. The van der Waals surface area contributed by atoms with E-state index in [0.29, 0.717) is 31.4 Å². The van der Waals surface area contributed by atoms with Crippen molar-refractivity contribution in [2.45, 2.75) is 98.1 Å². The van der Waals surface area contributed by atoms with Crippen molar-refractivity contribution in [2.24, 2.45) is 11.8 Å². The van der Waals surface area contributed by atoms with Gasteiger partial charge in [0.1, 0.15) is 18.2 Å². The number of ether oxygens (including phenoxy) is 3. The molecule has 1 fully saturated rings. The standard InChI is InChI=1S/C29H45NO5/c1-21(2)17-29(6,28(32)35-27-9-7-8-10-27)30-18-25-13-11-24(12-14-25)15-16-26(31)20-34-23(5)33-19-22(3)4/h11-16,21-23,27,30H,7-10,17-20H2,1-6H3/b16-15+/t23?,29-/m0/s1. The van der Waals surface area contributed by atoms with Crippen LogP contribution in [-0.4, -0.2) is 42.9 Å². The fourth-order valence-corrected chi connectivity index (χ4v) is 4.19. The second-order valence-corrected chi connectivity index (χ2v) is 10.7. The number of hydrogen-bond donors (Lipinski definition) is 1. The largest absolute Gasteiger partial charge is 0.461 e. The Morgan fingerprint density at radius 3 is 2.29 bits per heavy atom. The second kappa shape index (κ2) is 14.5. The second-order valence-electron chi connectivity index (χ2n) is 10.7. The first kappa shape index (κ1) is 29.2. The van der Waals surface area contributed by atoms with Crippen molar-refractivity contribution >= 4 is 17.8 Å². The van der Waals surface area contributed by atoms with E-state index in [-0.39, 0.29) is 24.5 Å². The van der Waals surface area contributed by atoms with E-state index in [1.165, 1.54) is 6.08 Å². The van der Waals surface area contributed by atoms with Crippen LogP contribution >= 0.6 is 0 Å². The molecule has 0 heterocycles. The van der Waals surface area contributed by atoms with E-state index in [4.69, 9.17) is 14.2 Å². The third kappa shape index (κ3) is 11.1. The van der Waals surface area contributed by atoms with Gasteiger partial charge in [-0.1, -0.05) is 58.0 Å². The van der Waals surface area contributed by atoms with Gasteiger partial charge < -0.3 is 14.2 Å². The SMILES string of the molecule is CC(C)COC(C)OCC(=O)/C=C/c1ccc(CN[C@@](C)(CC(C)C)C(=O)OC2CCCC2)cc1. The number of benzene rings is 1. The van der Waals surface area contributed by atoms with Crippen LogP contribution in [0.3, 0.4) is 0 Å². The van der Waals surface area contributed by atoms with Crippen molar-refractivity contribution in [3.05, 3.63) is 41.5 Å². The van der Waals surface area contributed by atoms with Gasteiger partial charge in [-0.3, -0.25) is 14.9 Å². The van der Waals surface area contributed by atoms with E-state index >= 15 is 0 Å². The smallest absolute Gasteiger partial charge is 0.326 e. The van der Waals surface area contributed by atoms with Crippen LogP contribution in [0.25, 0.3) is 6.08 Å². The molecule has 6 nitrogen and oxygen atoms in total. The number of rotatable bonds is 15. The number of esters is 1. The first-order valence-electron chi connectivity index (χ1n) is 13.1. The highest BCUT2D eigenvalue weighted by Crippen LogP contribution is 2.25. The Bertz CT molecular complexity index is 811. The molecule has 0 spiro atoms. The first-order valence-corrected chi connectivity index (χ1v) is 13.1. The molecule has 1 unspecified atom stereocenters. The van der Waals surface area contributed by atoms with Crippen molar-refractivity contribution in [1.29, 1.82) is 0 Å². The van der Waals surface area contributed by atoms with Crippen molar-refractivity contribution in [3.63, 3.8) is 0 Å². The lowest BCUT2D eigenvalue weighted by Gasteiger charge is -2.31. The molecule has 1 aromatic carbocycles. The molecule has 1 aromatic rings. The Hall–Kier alpha value is -2.02. The Balaban J connectivity index is 1.85. The molecular weight excluding hydrogens is 442 g/mol. The van der Waals surface area contributed by atoms with E-state index in [1.807, 2.05) is 31.2 Å². The van der Waals surface area contributed by atoms with Gasteiger partial charge in [0.05, 0.1) is 6.61 Å². The summed E-state index contributed by atoms with van der Waals surface area (Å²) >= 11 is 0. The highest BCUT2D eigenvalue weighted by atomic mass is 16.7. The maximum Gasteiger partial charge on any atom is 0.326 e. The molecule has 1 aliphatic carbocycles. The topological polar surface area (TPSA) is 73.9 Å². The monoisotopic (exact) mass is 487 g/mol. The van der Waals surface area contributed by atoms with Crippen LogP contribution < -0.4 is 5.32 Å². The van der Waals surface area contributed by atoms with Crippen molar-refractivity contribution < 1.29 is 23.8 Å². The zero-order chi connectivity index (χ0) is 25.8. The van der Waals surface area contributed by atoms with Crippen LogP contribution in [0.1, 0.15) is 84.8 Å². The number of carbonyl (C=O) groups excluding carboxylic acids is 2. The molecule has 2 atom stereocenters. The maximum atomic E-state index is 13.0. The Morgan fingerprint density at radius 1 is 1.03 bits per heavy atom. The van der Waals surface area contributed by atoms with Crippen LogP contribution in [0.5, 0.6) is 0 Å². The quantitative estimate of drug-likeness (QED) is 0.195. The third-order valence-corrected chi connectivity index (χ3v) is 6.09. The van der Waals surface area contributed by atoms with Crippen LogP contribution in [0, 0.1) is 11.8 Å². The van der Waals surface area contributed by atoms with Gasteiger partial charge in [0, 0.05) is 6.54 Å². The van der Waals surface area contributed by atoms with Crippen LogP contribution in [0.2, 0.25) is 0 Å². The Kier molecular flexibility index (Phi) is 12.1. The molecule has 0 amide bonds. The fraction of sp³-hybridized carbons (Fsp3) is 0.655. The number of hydrogen-bond acceptors (Lipinski definition) is 6. The van der Waals surface area contributed by atoms with Crippen molar-refractivity contribution in [2.75, 3.05) is 13.2 Å². The van der Waals surface area contributed by atoms with Gasteiger partial charge in [-0.25, -0.2) is 0 Å². The molecule has 1 aliphatic rings. The molecular formula is C29H45NO5. The van der Waals surface area contributed by atoms with Gasteiger partial charge in [-0.2, -0.15) is 0 Å². The Morgan fingerprint density at radius 2 is 1.69 bits per heavy atom. The van der Waals surface area contributed by atoms with Crippen molar-refractivity contribution in [1.82, 2.24) is 5.32 Å². The predicted molar refractivity (Wildman–Crippen MR) is 140 cm³/mol. The number of nitrogens with one attached hydrogen (secondary N) is 1. The van der Waals surface area contributed by atoms with E-state index in [9.17, 15) is 9.59 Å². The number of carbonyl (C=O) groups is 2.